The third-order valence-electron chi connectivity index (χ3n) is 6.14. The van der Waals surface area contributed by atoms with E-state index in [0.717, 1.165) is 0 Å². The van der Waals surface area contributed by atoms with Gasteiger partial charge in [0.25, 0.3) is 0 Å². The predicted octanol–water partition coefficient (Wildman–Crippen LogP) is 3.08. The van der Waals surface area contributed by atoms with Crippen molar-refractivity contribution in [1.29, 1.82) is 0 Å². The Morgan fingerprint density at radius 3 is 2.13 bits per heavy atom. The first-order chi connectivity index (χ1) is 14.1. The second kappa shape index (κ2) is 5.66. The Labute approximate surface area is 170 Å². The molecule has 2 atom stereocenters. The summed E-state index contributed by atoms with van der Waals surface area (Å²) >= 11 is 0. The number of benzene rings is 2. The number of aromatic hydroxyl groups is 2. The largest absolute Gasteiger partial charge is 0.507 e. The lowest BCUT2D eigenvalue weighted by Crippen LogP contribution is -2.24. The number of aryl methyl sites for hydroxylation is 2. The van der Waals surface area contributed by atoms with Crippen molar-refractivity contribution in [3.05, 3.63) is 62.9 Å². The monoisotopic (exact) mass is 404 g/mol. The van der Waals surface area contributed by atoms with Crippen LogP contribution in [0.3, 0.4) is 0 Å². The van der Waals surface area contributed by atoms with Gasteiger partial charge in [-0.15, -0.1) is 0 Å². The molecule has 0 saturated heterocycles. The lowest BCUT2D eigenvalue weighted by atomic mass is 9.79. The standard InChI is InChI=1S/C23H16O7/c1-7-3-11-15(13(24)4-7)22(29)23(30)17(20(11)27)14-8(2)5-12-16(21(14)28)19(26)10-6-9(10)18(12)25/h3-5,9-10,24,28,30H,6H2,1-2H3/t9-,10+/m1/s1. The van der Waals surface area contributed by atoms with Crippen LogP contribution in [0.5, 0.6) is 11.5 Å². The maximum absolute atomic E-state index is 13.2. The van der Waals surface area contributed by atoms with E-state index in [-0.39, 0.29) is 50.9 Å². The third kappa shape index (κ3) is 2.14. The van der Waals surface area contributed by atoms with Gasteiger partial charge in [-0.3, -0.25) is 19.2 Å². The molecule has 0 heterocycles. The zero-order valence-electron chi connectivity index (χ0n) is 16.1. The Kier molecular flexibility index (Phi) is 3.45. The van der Waals surface area contributed by atoms with E-state index < -0.39 is 40.3 Å². The van der Waals surface area contributed by atoms with Crippen molar-refractivity contribution < 1.29 is 34.5 Å². The van der Waals surface area contributed by atoms with Crippen molar-refractivity contribution in [2.75, 3.05) is 0 Å². The van der Waals surface area contributed by atoms with Gasteiger partial charge in [0.1, 0.15) is 11.5 Å². The van der Waals surface area contributed by atoms with E-state index in [0.29, 0.717) is 12.0 Å². The highest BCUT2D eigenvalue weighted by atomic mass is 16.3. The molecule has 1 saturated carbocycles. The van der Waals surface area contributed by atoms with E-state index in [2.05, 4.69) is 0 Å². The molecular weight excluding hydrogens is 388 g/mol. The molecule has 150 valence electrons. The van der Waals surface area contributed by atoms with Crippen molar-refractivity contribution in [3.63, 3.8) is 0 Å². The number of phenols is 2. The van der Waals surface area contributed by atoms with Crippen LogP contribution in [-0.4, -0.2) is 38.5 Å². The lowest BCUT2D eigenvalue weighted by Gasteiger charge is -2.23. The summed E-state index contributed by atoms with van der Waals surface area (Å²) in [6.07, 6.45) is 0.428. The van der Waals surface area contributed by atoms with Gasteiger partial charge in [0.15, 0.2) is 23.1 Å². The van der Waals surface area contributed by atoms with Crippen LogP contribution in [0.25, 0.3) is 5.57 Å². The maximum atomic E-state index is 13.2. The minimum Gasteiger partial charge on any atom is -0.507 e. The number of hydrogen-bond acceptors (Lipinski definition) is 7. The Bertz CT molecular complexity index is 1300. The van der Waals surface area contributed by atoms with Gasteiger partial charge in [0.05, 0.1) is 16.7 Å². The van der Waals surface area contributed by atoms with Gasteiger partial charge >= 0.3 is 0 Å². The lowest BCUT2D eigenvalue weighted by molar-refractivity contribution is 0.0875. The SMILES string of the molecule is Cc1cc(O)c2c(c1)C(=O)C(c1c(C)cc3c(c1O)C(=O)[C@H]1C[C@H]1C3=O)=C(O)C2=O. The molecule has 0 bridgehead atoms. The molecule has 0 unspecified atom stereocenters. The number of hydrogen-bond donors (Lipinski definition) is 3. The normalized spacial score (nSPS) is 22.1. The fourth-order valence-electron chi connectivity index (χ4n) is 4.61. The number of carbonyl (C=O) groups is 4. The van der Waals surface area contributed by atoms with Gasteiger partial charge in [-0.25, -0.2) is 0 Å². The van der Waals surface area contributed by atoms with Crippen molar-refractivity contribution in [2.45, 2.75) is 20.3 Å². The van der Waals surface area contributed by atoms with E-state index in [1.54, 1.807) is 6.92 Å². The first-order valence-electron chi connectivity index (χ1n) is 9.45. The number of aliphatic hydroxyl groups is 1. The van der Waals surface area contributed by atoms with Crippen LogP contribution in [0.2, 0.25) is 0 Å². The van der Waals surface area contributed by atoms with Crippen LogP contribution in [0.1, 0.15) is 64.5 Å². The zero-order chi connectivity index (χ0) is 21.6. The van der Waals surface area contributed by atoms with Gasteiger partial charge in [0, 0.05) is 28.5 Å². The number of Topliss-reactive ketones (excluding diaryl/α,β-unsaturated/α-hetero) is 4. The van der Waals surface area contributed by atoms with Crippen molar-refractivity contribution in [2.24, 2.45) is 11.8 Å². The highest BCUT2D eigenvalue weighted by Gasteiger charge is 2.54. The molecule has 3 N–H and O–H groups in total. The summed E-state index contributed by atoms with van der Waals surface area (Å²) in [5.41, 5.74) is -0.293. The molecule has 1 fully saturated rings. The first-order valence-corrected chi connectivity index (χ1v) is 9.45. The van der Waals surface area contributed by atoms with Crippen LogP contribution < -0.4 is 0 Å². The molecule has 0 radical (unpaired) electrons. The smallest absolute Gasteiger partial charge is 0.232 e. The molecule has 2 aromatic carbocycles. The summed E-state index contributed by atoms with van der Waals surface area (Å²) in [6, 6.07) is 4.14. The molecule has 7 nitrogen and oxygen atoms in total. The Balaban J connectivity index is 1.79. The van der Waals surface area contributed by atoms with Crippen LogP contribution >= 0.6 is 0 Å². The maximum Gasteiger partial charge on any atom is 0.232 e. The number of aliphatic hydroxyl groups excluding tert-OH is 1. The zero-order valence-corrected chi connectivity index (χ0v) is 16.1. The number of fused-ring (bicyclic) bond motifs is 3. The second-order valence-electron chi connectivity index (χ2n) is 8.11. The first kappa shape index (κ1) is 18.3. The summed E-state index contributed by atoms with van der Waals surface area (Å²) in [7, 11) is 0. The molecule has 5 rings (SSSR count). The van der Waals surface area contributed by atoms with E-state index >= 15 is 0 Å². The molecule has 0 spiro atoms. The highest BCUT2D eigenvalue weighted by molar-refractivity contribution is 6.41. The molecule has 30 heavy (non-hydrogen) atoms. The Hall–Kier alpha value is -3.74. The van der Waals surface area contributed by atoms with Gasteiger partial charge in [0.2, 0.25) is 5.78 Å². The molecule has 0 amide bonds. The van der Waals surface area contributed by atoms with Crippen molar-refractivity contribution in [1.82, 2.24) is 0 Å². The predicted molar refractivity (Wildman–Crippen MR) is 104 cm³/mol. The van der Waals surface area contributed by atoms with Crippen LogP contribution in [-0.2, 0) is 0 Å². The minimum absolute atomic E-state index is 0.0982. The fraction of sp³-hybridized carbons (Fsp3) is 0.217. The topological polar surface area (TPSA) is 129 Å². The van der Waals surface area contributed by atoms with E-state index in [1.807, 2.05) is 0 Å². The number of phenolic OH excluding ortho intramolecular Hbond substituents is 2. The van der Waals surface area contributed by atoms with Crippen LogP contribution in [0.15, 0.2) is 24.0 Å². The summed E-state index contributed by atoms with van der Waals surface area (Å²) in [6.45, 7) is 3.15. The number of allylic oxidation sites excluding steroid dienone is 2. The average molecular weight is 404 g/mol. The fourth-order valence-corrected chi connectivity index (χ4v) is 4.61. The van der Waals surface area contributed by atoms with E-state index in [1.165, 1.54) is 25.1 Å². The minimum atomic E-state index is -0.960. The average Bonchev–Trinajstić information content (AvgIpc) is 3.47. The van der Waals surface area contributed by atoms with Gasteiger partial charge in [-0.2, -0.15) is 0 Å². The highest BCUT2D eigenvalue weighted by Crippen LogP contribution is 2.52. The van der Waals surface area contributed by atoms with Crippen molar-refractivity contribution in [3.8, 4) is 11.5 Å². The molecule has 7 heteroatoms. The third-order valence-corrected chi connectivity index (χ3v) is 6.14. The van der Waals surface area contributed by atoms with Crippen LogP contribution in [0, 0.1) is 25.7 Å². The van der Waals surface area contributed by atoms with Gasteiger partial charge in [-0.05, 0) is 49.6 Å². The Morgan fingerprint density at radius 2 is 1.43 bits per heavy atom. The van der Waals surface area contributed by atoms with Crippen molar-refractivity contribution >= 4 is 28.7 Å². The molecule has 0 aromatic heterocycles. The van der Waals surface area contributed by atoms with E-state index in [9.17, 15) is 34.5 Å². The number of rotatable bonds is 1. The number of carbonyl (C=O) groups excluding carboxylic acids is 4. The summed E-state index contributed by atoms with van der Waals surface area (Å²) in [5, 5.41) is 31.6. The molecular formula is C23H16O7. The Morgan fingerprint density at radius 1 is 0.767 bits per heavy atom. The molecule has 3 aliphatic carbocycles. The summed E-state index contributed by atoms with van der Waals surface area (Å²) < 4.78 is 0. The molecule has 3 aliphatic rings. The molecule has 0 aliphatic heterocycles. The summed E-state index contributed by atoms with van der Waals surface area (Å²) in [5.74, 6) is -5.11. The second-order valence-corrected chi connectivity index (χ2v) is 8.11. The van der Waals surface area contributed by atoms with Crippen LogP contribution in [0.4, 0.5) is 0 Å². The van der Waals surface area contributed by atoms with Gasteiger partial charge < -0.3 is 15.3 Å². The molecule has 2 aromatic rings. The summed E-state index contributed by atoms with van der Waals surface area (Å²) in [4.78, 5) is 51.2. The van der Waals surface area contributed by atoms with E-state index in [4.69, 9.17) is 0 Å². The van der Waals surface area contributed by atoms with Gasteiger partial charge in [-0.1, -0.05) is 0 Å². The quantitative estimate of drug-likeness (QED) is 0.666. The number of ketones is 4.